The van der Waals surface area contributed by atoms with Gasteiger partial charge >= 0.3 is 5.97 Å². The molecule has 0 spiro atoms. The van der Waals surface area contributed by atoms with Crippen molar-refractivity contribution in [3.63, 3.8) is 0 Å². The first kappa shape index (κ1) is 8.09. The highest BCUT2D eigenvalue weighted by Crippen LogP contribution is 2.12. The van der Waals surface area contributed by atoms with Crippen LogP contribution in [0.4, 0.5) is 0 Å². The quantitative estimate of drug-likeness (QED) is 0.524. The largest absolute Gasteiger partial charge is 0.480 e. The summed E-state index contributed by atoms with van der Waals surface area (Å²) in [7, 11) is 0. The average molecular weight is 153 g/mol. The smallest absolute Gasteiger partial charge is 0.320 e. The summed E-state index contributed by atoms with van der Waals surface area (Å²) in [5.41, 5.74) is 0. The number of hydrogen-bond acceptors (Lipinski definition) is 2. The van der Waals surface area contributed by atoms with Gasteiger partial charge in [0, 0.05) is 12.5 Å². The number of aliphatic carboxylic acids is 1. The molecule has 0 aliphatic carbocycles. The van der Waals surface area contributed by atoms with E-state index >= 15 is 0 Å². The first-order valence-electron chi connectivity index (χ1n) is 3.62. The molecule has 1 rings (SSSR count). The lowest BCUT2D eigenvalue weighted by Gasteiger charge is -2.00. The normalized spacial score (nSPS) is 29.2. The summed E-state index contributed by atoms with van der Waals surface area (Å²) < 4.78 is 0. The Kier molecular flexibility index (Phi) is 2.50. The molecular weight excluding hydrogens is 142 g/mol. The minimum atomic E-state index is -0.773. The highest BCUT2D eigenvalue weighted by atomic mass is 16.4. The molecule has 1 saturated heterocycles. The summed E-state index contributed by atoms with van der Waals surface area (Å²) >= 11 is 0. The SMILES string of the molecule is CC#CC1CN[C@@H](C(=O)O)C1. The summed E-state index contributed by atoms with van der Waals surface area (Å²) in [6.45, 7) is 2.48. The second-order valence-electron chi connectivity index (χ2n) is 2.63. The van der Waals surface area contributed by atoms with Crippen molar-refractivity contribution in [2.24, 2.45) is 5.92 Å². The van der Waals surface area contributed by atoms with E-state index in [4.69, 9.17) is 5.11 Å². The molecule has 0 amide bonds. The molecule has 1 fully saturated rings. The summed E-state index contributed by atoms with van der Waals surface area (Å²) in [6.07, 6.45) is 0.635. The summed E-state index contributed by atoms with van der Waals surface area (Å²) in [5.74, 6) is 5.19. The van der Waals surface area contributed by atoms with Gasteiger partial charge in [-0.1, -0.05) is 5.92 Å². The van der Waals surface area contributed by atoms with E-state index in [0.29, 0.717) is 13.0 Å². The van der Waals surface area contributed by atoms with E-state index in [9.17, 15) is 4.79 Å². The van der Waals surface area contributed by atoms with Crippen molar-refractivity contribution in [1.29, 1.82) is 0 Å². The van der Waals surface area contributed by atoms with Crippen molar-refractivity contribution < 1.29 is 9.90 Å². The predicted octanol–water partition coefficient (Wildman–Crippen LogP) is 0.0724. The van der Waals surface area contributed by atoms with Crippen LogP contribution in [0.3, 0.4) is 0 Å². The molecule has 2 N–H and O–H groups in total. The van der Waals surface area contributed by atoms with Gasteiger partial charge in [0.2, 0.25) is 0 Å². The fourth-order valence-electron chi connectivity index (χ4n) is 1.24. The van der Waals surface area contributed by atoms with Gasteiger partial charge in [-0.05, 0) is 13.3 Å². The molecule has 0 aromatic heterocycles. The lowest BCUT2D eigenvalue weighted by molar-refractivity contribution is -0.139. The van der Waals surface area contributed by atoms with Crippen molar-refractivity contribution >= 4 is 5.97 Å². The van der Waals surface area contributed by atoms with E-state index < -0.39 is 5.97 Å². The second-order valence-corrected chi connectivity index (χ2v) is 2.63. The maximum Gasteiger partial charge on any atom is 0.320 e. The first-order valence-corrected chi connectivity index (χ1v) is 3.62. The van der Waals surface area contributed by atoms with Gasteiger partial charge in [-0.2, -0.15) is 0 Å². The topological polar surface area (TPSA) is 49.3 Å². The number of carboxylic acid groups (broad SMARTS) is 1. The van der Waals surface area contributed by atoms with Crippen LogP contribution in [0.25, 0.3) is 0 Å². The molecule has 11 heavy (non-hydrogen) atoms. The van der Waals surface area contributed by atoms with Gasteiger partial charge in [-0.25, -0.2) is 0 Å². The fourth-order valence-corrected chi connectivity index (χ4v) is 1.24. The molecule has 2 atom stereocenters. The number of carboxylic acids is 1. The molecule has 1 aliphatic heterocycles. The molecule has 1 heterocycles. The Morgan fingerprint density at radius 1 is 1.73 bits per heavy atom. The predicted molar refractivity (Wildman–Crippen MR) is 41.0 cm³/mol. The summed E-state index contributed by atoms with van der Waals surface area (Å²) in [4.78, 5) is 10.4. The number of rotatable bonds is 1. The number of nitrogens with one attached hydrogen (secondary N) is 1. The maximum atomic E-state index is 10.4. The van der Waals surface area contributed by atoms with Gasteiger partial charge in [-0.15, -0.1) is 5.92 Å². The second kappa shape index (κ2) is 3.40. The van der Waals surface area contributed by atoms with Crippen LogP contribution < -0.4 is 5.32 Å². The minimum absolute atomic E-state index is 0.223. The molecule has 0 saturated carbocycles. The zero-order valence-corrected chi connectivity index (χ0v) is 6.42. The van der Waals surface area contributed by atoms with Crippen LogP contribution in [-0.2, 0) is 4.79 Å². The van der Waals surface area contributed by atoms with Gasteiger partial charge < -0.3 is 10.4 Å². The van der Waals surface area contributed by atoms with Gasteiger partial charge in [0.15, 0.2) is 0 Å². The molecule has 3 heteroatoms. The number of carbonyl (C=O) groups is 1. The van der Waals surface area contributed by atoms with E-state index in [1.807, 2.05) is 0 Å². The lowest BCUT2D eigenvalue weighted by atomic mass is 10.1. The van der Waals surface area contributed by atoms with Crippen LogP contribution in [0.2, 0.25) is 0 Å². The van der Waals surface area contributed by atoms with Crippen LogP contribution >= 0.6 is 0 Å². The fraction of sp³-hybridized carbons (Fsp3) is 0.625. The Hall–Kier alpha value is -1.01. The molecular formula is C8H11NO2. The third kappa shape index (κ3) is 1.95. The van der Waals surface area contributed by atoms with Gasteiger partial charge in [0.25, 0.3) is 0 Å². The Morgan fingerprint density at radius 2 is 2.45 bits per heavy atom. The van der Waals surface area contributed by atoms with Crippen LogP contribution in [-0.4, -0.2) is 23.7 Å². The Balaban J connectivity index is 2.45. The highest BCUT2D eigenvalue weighted by Gasteiger charge is 2.27. The van der Waals surface area contributed by atoms with E-state index in [1.165, 1.54) is 0 Å². The molecule has 0 radical (unpaired) electrons. The molecule has 0 aromatic carbocycles. The number of hydrogen-bond donors (Lipinski definition) is 2. The minimum Gasteiger partial charge on any atom is -0.480 e. The van der Waals surface area contributed by atoms with Crippen molar-refractivity contribution in [2.45, 2.75) is 19.4 Å². The first-order chi connectivity index (χ1) is 5.24. The average Bonchev–Trinajstić information content (AvgIpc) is 2.37. The Morgan fingerprint density at radius 3 is 2.91 bits per heavy atom. The maximum absolute atomic E-state index is 10.4. The molecule has 0 aromatic rings. The van der Waals surface area contributed by atoms with Crippen molar-refractivity contribution in [2.75, 3.05) is 6.54 Å². The summed E-state index contributed by atoms with van der Waals surface area (Å²) in [5, 5.41) is 11.5. The van der Waals surface area contributed by atoms with Crippen LogP contribution in [0.15, 0.2) is 0 Å². The molecule has 3 nitrogen and oxygen atoms in total. The lowest BCUT2D eigenvalue weighted by Crippen LogP contribution is -2.29. The van der Waals surface area contributed by atoms with Crippen molar-refractivity contribution in [3.05, 3.63) is 0 Å². The van der Waals surface area contributed by atoms with Crippen molar-refractivity contribution in [3.8, 4) is 11.8 Å². The zero-order valence-electron chi connectivity index (χ0n) is 6.42. The standard InChI is InChI=1S/C8H11NO2/c1-2-3-6-4-7(8(10)11)9-5-6/h6-7,9H,4-5H2,1H3,(H,10,11)/t6?,7-/m1/s1. The third-order valence-electron chi connectivity index (χ3n) is 1.78. The van der Waals surface area contributed by atoms with E-state index in [1.54, 1.807) is 6.92 Å². The zero-order chi connectivity index (χ0) is 8.27. The molecule has 1 aliphatic rings. The van der Waals surface area contributed by atoms with Crippen molar-refractivity contribution in [1.82, 2.24) is 5.32 Å². The van der Waals surface area contributed by atoms with Gasteiger partial charge in [0.05, 0.1) is 0 Å². The van der Waals surface area contributed by atoms with E-state index in [0.717, 1.165) is 0 Å². The van der Waals surface area contributed by atoms with Crippen LogP contribution in [0.1, 0.15) is 13.3 Å². The molecule has 0 bridgehead atoms. The Labute approximate surface area is 65.8 Å². The molecule has 60 valence electrons. The van der Waals surface area contributed by atoms with E-state index in [2.05, 4.69) is 17.2 Å². The highest BCUT2D eigenvalue weighted by molar-refractivity contribution is 5.73. The molecule has 1 unspecified atom stereocenters. The monoisotopic (exact) mass is 153 g/mol. The Bertz CT molecular complexity index is 214. The van der Waals surface area contributed by atoms with Gasteiger partial charge in [-0.3, -0.25) is 4.79 Å². The van der Waals surface area contributed by atoms with Gasteiger partial charge in [0.1, 0.15) is 6.04 Å². The van der Waals surface area contributed by atoms with E-state index in [-0.39, 0.29) is 12.0 Å². The van der Waals surface area contributed by atoms with Crippen LogP contribution in [0.5, 0.6) is 0 Å². The summed E-state index contributed by atoms with van der Waals surface area (Å²) in [6, 6.07) is -0.388. The van der Waals surface area contributed by atoms with Crippen LogP contribution in [0, 0.1) is 17.8 Å². The third-order valence-corrected chi connectivity index (χ3v) is 1.78.